The number of aliphatic hydroxyl groups is 1. The highest BCUT2D eigenvalue weighted by atomic mass is 32.1. The van der Waals surface area contributed by atoms with Gasteiger partial charge in [0, 0.05) is 6.20 Å². The lowest BCUT2D eigenvalue weighted by Crippen LogP contribution is -2.03. The molecular weight excluding hydrogens is 303 g/mol. The highest BCUT2D eigenvalue weighted by molar-refractivity contribution is 7.11. The van der Waals surface area contributed by atoms with Gasteiger partial charge in [-0.1, -0.05) is 12.1 Å². The van der Waals surface area contributed by atoms with E-state index in [0.717, 1.165) is 17.5 Å². The van der Waals surface area contributed by atoms with Gasteiger partial charge in [0.25, 0.3) is 0 Å². The molecule has 1 unspecified atom stereocenters. The van der Waals surface area contributed by atoms with Gasteiger partial charge in [0.15, 0.2) is 5.01 Å². The largest absolute Gasteiger partial charge is 0.497 e. The number of aryl methyl sites for hydroxylation is 1. The third-order valence-corrected chi connectivity index (χ3v) is 4.10. The van der Waals surface area contributed by atoms with Crippen LogP contribution >= 0.6 is 11.3 Å². The molecule has 0 aliphatic heterocycles. The maximum atomic E-state index is 12.4. The van der Waals surface area contributed by atoms with Crippen LogP contribution in [0.2, 0.25) is 0 Å². The molecule has 0 spiro atoms. The van der Waals surface area contributed by atoms with Crippen LogP contribution in [-0.2, 0) is 12.6 Å². The Balaban J connectivity index is 1.94. The number of ether oxygens (including phenoxy) is 1. The molecule has 0 bridgehead atoms. The van der Waals surface area contributed by atoms with Crippen LogP contribution in [0.15, 0.2) is 30.5 Å². The third-order valence-electron chi connectivity index (χ3n) is 2.96. The van der Waals surface area contributed by atoms with E-state index >= 15 is 0 Å². The van der Waals surface area contributed by atoms with Crippen LogP contribution in [0.1, 0.15) is 28.0 Å². The Kier molecular flexibility index (Phi) is 4.84. The molecule has 0 saturated heterocycles. The fourth-order valence-corrected chi connectivity index (χ4v) is 2.61. The number of alkyl halides is 3. The van der Waals surface area contributed by atoms with Crippen LogP contribution in [0, 0.1) is 0 Å². The number of hydrogen-bond acceptors (Lipinski definition) is 4. The molecule has 2 rings (SSSR count). The summed E-state index contributed by atoms with van der Waals surface area (Å²) in [7, 11) is 1.57. The van der Waals surface area contributed by atoms with Crippen molar-refractivity contribution in [3.05, 3.63) is 45.9 Å². The van der Waals surface area contributed by atoms with Gasteiger partial charge >= 0.3 is 6.18 Å². The molecule has 1 heterocycles. The van der Waals surface area contributed by atoms with E-state index in [9.17, 15) is 18.3 Å². The predicted octanol–water partition coefficient (Wildman–Crippen LogP) is 3.84. The van der Waals surface area contributed by atoms with Gasteiger partial charge in [0.2, 0.25) is 0 Å². The predicted molar refractivity (Wildman–Crippen MR) is 73.4 cm³/mol. The van der Waals surface area contributed by atoms with E-state index in [1.807, 2.05) is 12.1 Å². The van der Waals surface area contributed by atoms with Crippen molar-refractivity contribution in [2.75, 3.05) is 7.11 Å². The Hall–Kier alpha value is -1.60. The van der Waals surface area contributed by atoms with Gasteiger partial charge in [-0.3, -0.25) is 0 Å². The zero-order valence-electron chi connectivity index (χ0n) is 11.2. The lowest BCUT2D eigenvalue weighted by molar-refractivity contribution is -0.137. The smallest absolute Gasteiger partial charge is 0.443 e. The van der Waals surface area contributed by atoms with Gasteiger partial charge < -0.3 is 9.84 Å². The van der Waals surface area contributed by atoms with E-state index in [-0.39, 0.29) is 4.88 Å². The Labute approximate surface area is 124 Å². The van der Waals surface area contributed by atoms with Gasteiger partial charge in [-0.25, -0.2) is 4.98 Å². The number of rotatable bonds is 5. The van der Waals surface area contributed by atoms with Crippen molar-refractivity contribution in [1.82, 2.24) is 4.98 Å². The van der Waals surface area contributed by atoms with Gasteiger partial charge in [-0.15, -0.1) is 11.3 Å². The molecule has 0 fully saturated rings. The topological polar surface area (TPSA) is 42.4 Å². The zero-order valence-corrected chi connectivity index (χ0v) is 12.0. The Morgan fingerprint density at radius 3 is 2.48 bits per heavy atom. The number of halogens is 3. The molecule has 0 amide bonds. The fraction of sp³-hybridized carbons (Fsp3) is 0.357. The summed E-state index contributed by atoms with van der Waals surface area (Å²) in [5.41, 5.74) is 0.982. The van der Waals surface area contributed by atoms with E-state index in [1.54, 1.807) is 19.2 Å². The van der Waals surface area contributed by atoms with Crippen molar-refractivity contribution >= 4 is 11.3 Å². The summed E-state index contributed by atoms with van der Waals surface area (Å²) in [6.07, 6.45) is -3.41. The van der Waals surface area contributed by atoms with E-state index in [2.05, 4.69) is 4.98 Å². The molecular formula is C14H14F3NO2S. The van der Waals surface area contributed by atoms with Crippen LogP contribution in [0.25, 0.3) is 0 Å². The van der Waals surface area contributed by atoms with Crippen molar-refractivity contribution in [2.24, 2.45) is 0 Å². The first-order valence-electron chi connectivity index (χ1n) is 6.24. The highest BCUT2D eigenvalue weighted by Crippen LogP contribution is 2.35. The van der Waals surface area contributed by atoms with Gasteiger partial charge in [0.1, 0.15) is 5.75 Å². The molecule has 21 heavy (non-hydrogen) atoms. The minimum Gasteiger partial charge on any atom is -0.497 e. The lowest BCUT2D eigenvalue weighted by atomic mass is 10.1. The van der Waals surface area contributed by atoms with Crippen LogP contribution in [0.4, 0.5) is 13.2 Å². The quantitative estimate of drug-likeness (QED) is 0.911. The number of benzene rings is 1. The molecule has 1 aromatic heterocycles. The first kappa shape index (κ1) is 15.8. The minimum atomic E-state index is -4.46. The zero-order chi connectivity index (χ0) is 15.5. The fourth-order valence-electron chi connectivity index (χ4n) is 1.81. The Morgan fingerprint density at radius 2 is 1.95 bits per heavy atom. The van der Waals surface area contributed by atoms with Crippen molar-refractivity contribution in [3.63, 3.8) is 0 Å². The summed E-state index contributed by atoms with van der Waals surface area (Å²) in [6, 6.07) is 7.32. The summed E-state index contributed by atoms with van der Waals surface area (Å²) in [5.74, 6) is 0.733. The molecule has 1 N–H and O–H groups in total. The molecule has 1 aromatic carbocycles. The molecule has 3 nitrogen and oxygen atoms in total. The molecule has 114 valence electrons. The summed E-state index contributed by atoms with van der Waals surface area (Å²) < 4.78 is 42.4. The number of thiazole rings is 1. The monoisotopic (exact) mass is 317 g/mol. The van der Waals surface area contributed by atoms with Crippen LogP contribution in [0.5, 0.6) is 5.75 Å². The summed E-state index contributed by atoms with van der Waals surface area (Å²) in [4.78, 5) is 3.54. The number of aliphatic hydroxyl groups excluding tert-OH is 1. The SMILES string of the molecule is COc1ccc(CCC(O)c2cnc(C(F)(F)F)s2)cc1. The van der Waals surface area contributed by atoms with Crippen molar-refractivity contribution < 1.29 is 23.0 Å². The van der Waals surface area contributed by atoms with Crippen LogP contribution in [0.3, 0.4) is 0 Å². The second-order valence-corrected chi connectivity index (χ2v) is 5.53. The minimum absolute atomic E-state index is 0.232. The third kappa shape index (κ3) is 4.18. The van der Waals surface area contributed by atoms with Gasteiger partial charge in [-0.2, -0.15) is 13.2 Å². The normalized spacial score (nSPS) is 13.2. The highest BCUT2D eigenvalue weighted by Gasteiger charge is 2.35. The van der Waals surface area contributed by atoms with Gasteiger partial charge in [0.05, 0.1) is 18.1 Å². The van der Waals surface area contributed by atoms with Crippen molar-refractivity contribution in [3.8, 4) is 5.75 Å². The lowest BCUT2D eigenvalue weighted by Gasteiger charge is -2.08. The van der Waals surface area contributed by atoms with E-state index in [1.165, 1.54) is 0 Å². The van der Waals surface area contributed by atoms with Crippen LogP contribution < -0.4 is 4.74 Å². The first-order chi connectivity index (χ1) is 9.90. The van der Waals surface area contributed by atoms with Crippen molar-refractivity contribution in [1.29, 1.82) is 0 Å². The molecule has 2 aromatic rings. The average Bonchev–Trinajstić information content (AvgIpc) is 2.95. The molecule has 0 radical (unpaired) electrons. The number of methoxy groups -OCH3 is 1. The Bertz CT molecular complexity index is 581. The maximum Gasteiger partial charge on any atom is 0.443 e. The number of nitrogens with zero attached hydrogens (tertiary/aromatic N) is 1. The second kappa shape index (κ2) is 6.44. The molecule has 0 aliphatic rings. The summed E-state index contributed by atoms with van der Waals surface area (Å²) in [5, 5.41) is 9.01. The molecule has 7 heteroatoms. The second-order valence-electron chi connectivity index (χ2n) is 4.47. The molecule has 1 atom stereocenters. The Morgan fingerprint density at radius 1 is 1.29 bits per heavy atom. The standard InChI is InChI=1S/C14H14F3NO2S/c1-20-10-5-2-9(3-6-10)4-7-11(19)12-8-18-13(21-12)14(15,16)17/h2-3,5-6,8,11,19H,4,7H2,1H3. The van der Waals surface area contributed by atoms with Gasteiger partial charge in [-0.05, 0) is 30.5 Å². The summed E-state index contributed by atoms with van der Waals surface area (Å²) >= 11 is 0.483. The first-order valence-corrected chi connectivity index (χ1v) is 7.05. The van der Waals surface area contributed by atoms with E-state index < -0.39 is 17.3 Å². The van der Waals surface area contributed by atoms with Crippen LogP contribution in [-0.4, -0.2) is 17.2 Å². The maximum absolute atomic E-state index is 12.4. The number of aromatic nitrogens is 1. The molecule has 0 aliphatic carbocycles. The van der Waals surface area contributed by atoms with Crippen molar-refractivity contribution in [2.45, 2.75) is 25.1 Å². The average molecular weight is 317 g/mol. The molecule has 0 saturated carbocycles. The van der Waals surface area contributed by atoms with E-state index in [0.29, 0.717) is 24.2 Å². The number of hydrogen-bond donors (Lipinski definition) is 1. The summed E-state index contributed by atoms with van der Waals surface area (Å²) in [6.45, 7) is 0. The van der Waals surface area contributed by atoms with E-state index in [4.69, 9.17) is 4.74 Å².